The molecule has 0 radical (unpaired) electrons. The Morgan fingerprint density at radius 3 is 2.96 bits per heavy atom. The van der Waals surface area contributed by atoms with Gasteiger partial charge in [0.2, 0.25) is 0 Å². The molecule has 0 bridgehead atoms. The highest BCUT2D eigenvalue weighted by Gasteiger charge is 2.32. The van der Waals surface area contributed by atoms with Crippen molar-refractivity contribution in [3.8, 4) is 11.5 Å². The molecule has 24 heavy (non-hydrogen) atoms. The Labute approximate surface area is 141 Å². The minimum Gasteiger partial charge on any atom is -0.334 e. The zero-order valence-electron chi connectivity index (χ0n) is 13.8. The second-order valence-corrected chi connectivity index (χ2v) is 8.24. The molecule has 0 aliphatic carbocycles. The molecule has 1 aliphatic rings. The molecule has 1 saturated heterocycles. The van der Waals surface area contributed by atoms with E-state index in [1.807, 2.05) is 12.1 Å². The van der Waals surface area contributed by atoms with E-state index in [-0.39, 0.29) is 0 Å². The Morgan fingerprint density at radius 2 is 2.25 bits per heavy atom. The molecule has 1 unspecified atom stereocenters. The van der Waals surface area contributed by atoms with Crippen LogP contribution in [0.5, 0.6) is 0 Å². The third kappa shape index (κ3) is 3.63. The van der Waals surface area contributed by atoms with Crippen molar-refractivity contribution in [3.05, 3.63) is 30.4 Å². The summed E-state index contributed by atoms with van der Waals surface area (Å²) in [6.07, 6.45) is 5.74. The summed E-state index contributed by atoms with van der Waals surface area (Å²) in [4.78, 5) is 8.41. The highest BCUT2D eigenvalue weighted by atomic mass is 32.2. The summed E-state index contributed by atoms with van der Waals surface area (Å²) >= 11 is 0. The molecule has 3 heterocycles. The van der Waals surface area contributed by atoms with Crippen LogP contribution in [0.15, 0.2) is 29.0 Å². The lowest BCUT2D eigenvalue weighted by atomic mass is 10.0. The molecule has 9 heteroatoms. The number of aromatic nitrogens is 3. The first kappa shape index (κ1) is 17.0. The average molecular weight is 351 g/mol. The van der Waals surface area contributed by atoms with Gasteiger partial charge >= 0.3 is 0 Å². The van der Waals surface area contributed by atoms with Crippen molar-refractivity contribution in [1.29, 1.82) is 0 Å². The van der Waals surface area contributed by atoms with E-state index in [2.05, 4.69) is 15.1 Å². The van der Waals surface area contributed by atoms with Crippen LogP contribution < -0.4 is 0 Å². The van der Waals surface area contributed by atoms with E-state index in [1.54, 1.807) is 26.5 Å². The number of nitrogens with zero attached hydrogens (tertiary/aromatic N) is 5. The minimum absolute atomic E-state index is 0.320. The summed E-state index contributed by atoms with van der Waals surface area (Å²) in [5.41, 5.74) is 0.792. The van der Waals surface area contributed by atoms with E-state index in [9.17, 15) is 8.42 Å². The molecular formula is C15H21N5O3S. The summed E-state index contributed by atoms with van der Waals surface area (Å²) in [5, 5.41) is 4.00. The fraction of sp³-hybridized carbons (Fsp3) is 0.533. The van der Waals surface area contributed by atoms with E-state index < -0.39 is 10.2 Å². The van der Waals surface area contributed by atoms with Gasteiger partial charge in [-0.25, -0.2) is 0 Å². The van der Waals surface area contributed by atoms with Crippen LogP contribution in [0, 0.1) is 5.92 Å². The van der Waals surface area contributed by atoms with Gasteiger partial charge in [-0.2, -0.15) is 22.0 Å². The normalized spacial score (nSPS) is 19.2. The topological polar surface area (TPSA) is 92.4 Å². The molecule has 3 rings (SSSR count). The fourth-order valence-corrected chi connectivity index (χ4v) is 3.97. The molecule has 8 nitrogen and oxygen atoms in total. The predicted octanol–water partition coefficient (Wildman–Crippen LogP) is 1.19. The lowest BCUT2D eigenvalue weighted by Gasteiger charge is -2.20. The summed E-state index contributed by atoms with van der Waals surface area (Å²) in [6, 6.07) is 3.68. The van der Waals surface area contributed by atoms with Crippen molar-refractivity contribution in [1.82, 2.24) is 23.7 Å². The molecule has 2 aromatic rings. The maximum Gasteiger partial charge on any atom is 0.281 e. The number of hydrogen-bond acceptors (Lipinski definition) is 6. The Hall–Kier alpha value is -1.84. The van der Waals surface area contributed by atoms with Crippen molar-refractivity contribution in [2.75, 3.05) is 27.2 Å². The first-order valence-corrected chi connectivity index (χ1v) is 9.27. The fourth-order valence-electron chi connectivity index (χ4n) is 2.77. The maximum absolute atomic E-state index is 12.1. The van der Waals surface area contributed by atoms with Crippen molar-refractivity contribution >= 4 is 10.2 Å². The Bertz CT molecular complexity index is 775. The zero-order valence-corrected chi connectivity index (χ0v) is 14.6. The van der Waals surface area contributed by atoms with Gasteiger partial charge in [0.25, 0.3) is 16.1 Å². The smallest absolute Gasteiger partial charge is 0.281 e. The third-order valence-electron chi connectivity index (χ3n) is 4.19. The second-order valence-electron chi connectivity index (χ2n) is 6.10. The van der Waals surface area contributed by atoms with Crippen LogP contribution in [0.1, 0.15) is 18.7 Å². The summed E-state index contributed by atoms with van der Waals surface area (Å²) in [5.74, 6) is 1.42. The van der Waals surface area contributed by atoms with Gasteiger partial charge in [-0.1, -0.05) is 5.16 Å². The van der Waals surface area contributed by atoms with Crippen LogP contribution >= 0.6 is 0 Å². The first-order valence-electron chi connectivity index (χ1n) is 7.87. The summed E-state index contributed by atoms with van der Waals surface area (Å²) < 4.78 is 32.3. The molecular weight excluding hydrogens is 330 g/mol. The van der Waals surface area contributed by atoms with Crippen LogP contribution in [0.2, 0.25) is 0 Å². The van der Waals surface area contributed by atoms with Gasteiger partial charge in [-0.05, 0) is 30.9 Å². The van der Waals surface area contributed by atoms with E-state index in [0.29, 0.717) is 37.1 Å². The van der Waals surface area contributed by atoms with E-state index in [0.717, 1.165) is 18.4 Å². The van der Waals surface area contributed by atoms with Crippen molar-refractivity contribution in [2.24, 2.45) is 5.92 Å². The molecule has 0 amide bonds. The van der Waals surface area contributed by atoms with Crippen molar-refractivity contribution in [2.45, 2.75) is 19.3 Å². The number of hydrogen-bond donors (Lipinski definition) is 0. The minimum atomic E-state index is -3.31. The lowest BCUT2D eigenvalue weighted by molar-refractivity contribution is 0.400. The second kappa shape index (κ2) is 6.96. The molecule has 130 valence electrons. The largest absolute Gasteiger partial charge is 0.334 e. The Balaban J connectivity index is 1.55. The van der Waals surface area contributed by atoms with Crippen LogP contribution in [0.4, 0.5) is 0 Å². The van der Waals surface area contributed by atoms with Crippen LogP contribution in [0.3, 0.4) is 0 Å². The molecule has 0 aromatic carbocycles. The standard InChI is InChI=1S/C15H21N5O3S/c1-19(2)24(21,22)20-9-7-12(11-20)5-6-14-17-15(23-18-14)13-4-3-8-16-10-13/h3-4,8,10,12H,5-7,9,11H2,1-2H3. The molecule has 0 N–H and O–H groups in total. The van der Waals surface area contributed by atoms with Gasteiger partial charge < -0.3 is 4.52 Å². The highest BCUT2D eigenvalue weighted by molar-refractivity contribution is 7.86. The van der Waals surface area contributed by atoms with Crippen LogP contribution in [0.25, 0.3) is 11.5 Å². The van der Waals surface area contributed by atoms with E-state index in [4.69, 9.17) is 4.52 Å². The highest BCUT2D eigenvalue weighted by Crippen LogP contribution is 2.24. The van der Waals surface area contributed by atoms with Gasteiger partial charge in [0.05, 0.1) is 5.56 Å². The SMILES string of the molecule is CN(C)S(=O)(=O)N1CCC(CCc2noc(-c3cccnc3)n2)C1. The van der Waals surface area contributed by atoms with E-state index >= 15 is 0 Å². The third-order valence-corrected chi connectivity index (χ3v) is 6.10. The Morgan fingerprint density at radius 1 is 1.42 bits per heavy atom. The molecule has 0 spiro atoms. The van der Waals surface area contributed by atoms with Gasteiger partial charge in [0.1, 0.15) is 0 Å². The molecule has 0 saturated carbocycles. The maximum atomic E-state index is 12.1. The quantitative estimate of drug-likeness (QED) is 0.776. The Kier molecular flexibility index (Phi) is 4.93. The van der Waals surface area contributed by atoms with Gasteiger partial charge in [0, 0.05) is 46.0 Å². The van der Waals surface area contributed by atoms with Gasteiger partial charge in [0.15, 0.2) is 5.82 Å². The number of aryl methyl sites for hydroxylation is 1. The molecule has 1 aliphatic heterocycles. The van der Waals surface area contributed by atoms with Crippen molar-refractivity contribution in [3.63, 3.8) is 0 Å². The monoisotopic (exact) mass is 351 g/mol. The van der Waals surface area contributed by atoms with Gasteiger partial charge in [-0.3, -0.25) is 4.98 Å². The van der Waals surface area contributed by atoms with Crippen LogP contribution in [-0.2, 0) is 16.6 Å². The lowest BCUT2D eigenvalue weighted by Crippen LogP contribution is -2.38. The average Bonchev–Trinajstić information content (AvgIpc) is 3.23. The predicted molar refractivity (Wildman–Crippen MR) is 88.1 cm³/mol. The van der Waals surface area contributed by atoms with Crippen molar-refractivity contribution < 1.29 is 12.9 Å². The van der Waals surface area contributed by atoms with Crippen LogP contribution in [-0.4, -0.2) is 59.3 Å². The molecule has 1 atom stereocenters. The number of pyridine rings is 1. The number of rotatable bonds is 6. The summed E-state index contributed by atoms with van der Waals surface area (Å²) in [6.45, 7) is 1.12. The zero-order chi connectivity index (χ0) is 17.2. The van der Waals surface area contributed by atoms with Gasteiger partial charge in [-0.15, -0.1) is 0 Å². The first-order chi connectivity index (χ1) is 11.5. The molecule has 2 aromatic heterocycles. The summed E-state index contributed by atoms with van der Waals surface area (Å²) in [7, 11) is -0.199. The van der Waals surface area contributed by atoms with E-state index in [1.165, 1.54) is 8.61 Å². The molecule has 1 fully saturated rings.